The van der Waals surface area contributed by atoms with Gasteiger partial charge in [-0.15, -0.1) is 0 Å². The average molecular weight is 349 g/mol. The van der Waals surface area contributed by atoms with Crippen LogP contribution in [0.5, 0.6) is 0 Å². The lowest BCUT2D eigenvalue weighted by molar-refractivity contribution is 0.0931. The molecule has 1 amide bonds. The van der Waals surface area contributed by atoms with Crippen molar-refractivity contribution < 1.29 is 17.9 Å². The number of carbonyl (C=O) groups is 1. The SMILES string of the molecule is COCCNC(=O)c1cc2c(c3ccccc3n2C)n1S(C)(=O)=O. The molecule has 3 aromatic rings. The molecule has 0 saturated heterocycles. The van der Waals surface area contributed by atoms with E-state index in [2.05, 4.69) is 5.32 Å². The van der Waals surface area contributed by atoms with Crippen LogP contribution >= 0.6 is 0 Å². The van der Waals surface area contributed by atoms with Crippen LogP contribution in [0.15, 0.2) is 30.3 Å². The van der Waals surface area contributed by atoms with Gasteiger partial charge in [0, 0.05) is 26.1 Å². The molecule has 0 spiro atoms. The molecule has 0 bridgehead atoms. The summed E-state index contributed by atoms with van der Waals surface area (Å²) in [7, 11) is -0.275. The van der Waals surface area contributed by atoms with Crippen LogP contribution in [0.3, 0.4) is 0 Å². The molecule has 0 aliphatic carbocycles. The Morgan fingerprint density at radius 3 is 2.62 bits per heavy atom. The van der Waals surface area contributed by atoms with Gasteiger partial charge in [-0.05, 0) is 12.1 Å². The molecule has 24 heavy (non-hydrogen) atoms. The third-order valence-corrected chi connectivity index (χ3v) is 5.02. The van der Waals surface area contributed by atoms with Crippen molar-refractivity contribution in [1.29, 1.82) is 0 Å². The fourth-order valence-corrected chi connectivity index (χ4v) is 3.96. The summed E-state index contributed by atoms with van der Waals surface area (Å²) < 4.78 is 32.6. The van der Waals surface area contributed by atoms with Crippen molar-refractivity contribution in [3.05, 3.63) is 36.0 Å². The third kappa shape index (κ3) is 2.57. The number of ether oxygens (including phenoxy) is 1. The first kappa shape index (κ1) is 16.5. The number of aryl methyl sites for hydroxylation is 1. The molecule has 128 valence electrons. The molecule has 1 aromatic carbocycles. The number of rotatable bonds is 5. The molecule has 0 fully saturated rings. The molecule has 1 N–H and O–H groups in total. The smallest absolute Gasteiger partial charge is 0.269 e. The second-order valence-corrected chi connectivity index (χ2v) is 7.45. The van der Waals surface area contributed by atoms with E-state index in [9.17, 15) is 13.2 Å². The molecule has 3 rings (SSSR count). The van der Waals surface area contributed by atoms with Gasteiger partial charge in [-0.3, -0.25) is 4.79 Å². The number of para-hydroxylation sites is 1. The quantitative estimate of drug-likeness (QED) is 0.704. The summed E-state index contributed by atoms with van der Waals surface area (Å²) in [4.78, 5) is 12.4. The van der Waals surface area contributed by atoms with Gasteiger partial charge < -0.3 is 14.6 Å². The van der Waals surface area contributed by atoms with E-state index < -0.39 is 15.9 Å². The second kappa shape index (κ2) is 5.95. The molecule has 0 aliphatic heterocycles. The van der Waals surface area contributed by atoms with E-state index in [0.717, 1.165) is 21.1 Å². The fraction of sp³-hybridized carbons (Fsp3) is 0.312. The lowest BCUT2D eigenvalue weighted by Crippen LogP contribution is -2.30. The van der Waals surface area contributed by atoms with Gasteiger partial charge in [0.2, 0.25) is 10.0 Å². The van der Waals surface area contributed by atoms with E-state index in [0.29, 0.717) is 24.2 Å². The number of nitrogens with zero attached hydrogens (tertiary/aromatic N) is 2. The molecule has 2 heterocycles. The van der Waals surface area contributed by atoms with Crippen molar-refractivity contribution in [3.63, 3.8) is 0 Å². The van der Waals surface area contributed by atoms with E-state index in [-0.39, 0.29) is 5.69 Å². The standard InChI is InChI=1S/C16H19N3O4S/c1-18-12-7-5-4-6-11(12)15-13(18)10-14(19(15)24(3,21)22)16(20)17-8-9-23-2/h4-7,10H,8-9H2,1-3H3,(H,17,20). The highest BCUT2D eigenvalue weighted by molar-refractivity contribution is 7.89. The van der Waals surface area contributed by atoms with Gasteiger partial charge in [0.25, 0.3) is 5.91 Å². The highest BCUT2D eigenvalue weighted by atomic mass is 32.2. The number of fused-ring (bicyclic) bond motifs is 3. The summed E-state index contributed by atoms with van der Waals surface area (Å²) in [5, 5.41) is 3.46. The van der Waals surface area contributed by atoms with Crippen LogP contribution in [0.2, 0.25) is 0 Å². The van der Waals surface area contributed by atoms with Crippen molar-refractivity contribution in [3.8, 4) is 0 Å². The number of hydrogen-bond donors (Lipinski definition) is 1. The minimum Gasteiger partial charge on any atom is -0.383 e. The maximum absolute atomic E-state index is 12.4. The maximum atomic E-state index is 12.4. The molecule has 0 atom stereocenters. The van der Waals surface area contributed by atoms with Crippen molar-refractivity contribution in [2.24, 2.45) is 7.05 Å². The van der Waals surface area contributed by atoms with Crippen LogP contribution in [-0.4, -0.2) is 49.4 Å². The van der Waals surface area contributed by atoms with Gasteiger partial charge in [0.05, 0.1) is 29.4 Å². The van der Waals surface area contributed by atoms with Crippen molar-refractivity contribution in [2.45, 2.75) is 0 Å². The number of aromatic nitrogens is 2. The molecular weight excluding hydrogens is 330 g/mol. The Balaban J connectivity index is 2.28. The molecule has 0 aliphatic rings. The highest BCUT2D eigenvalue weighted by Crippen LogP contribution is 2.31. The van der Waals surface area contributed by atoms with Gasteiger partial charge in [-0.25, -0.2) is 12.4 Å². The monoisotopic (exact) mass is 349 g/mol. The number of methoxy groups -OCH3 is 1. The maximum Gasteiger partial charge on any atom is 0.269 e. The first-order chi connectivity index (χ1) is 11.4. The predicted octanol–water partition coefficient (Wildman–Crippen LogP) is 1.32. The Kier molecular flexibility index (Phi) is 4.10. The first-order valence-corrected chi connectivity index (χ1v) is 9.27. The van der Waals surface area contributed by atoms with Crippen LogP contribution in [0.25, 0.3) is 21.9 Å². The van der Waals surface area contributed by atoms with Crippen molar-refractivity contribution in [1.82, 2.24) is 13.9 Å². The number of benzene rings is 1. The van der Waals surface area contributed by atoms with Gasteiger partial charge in [0.15, 0.2) is 0 Å². The van der Waals surface area contributed by atoms with Crippen LogP contribution in [0.1, 0.15) is 10.5 Å². The van der Waals surface area contributed by atoms with Crippen LogP contribution in [0, 0.1) is 0 Å². The van der Waals surface area contributed by atoms with Crippen molar-refractivity contribution in [2.75, 3.05) is 26.5 Å². The normalized spacial score (nSPS) is 12.1. The zero-order chi connectivity index (χ0) is 17.5. The second-order valence-electron chi connectivity index (χ2n) is 5.62. The molecule has 8 heteroatoms. The Labute approximate surface area is 139 Å². The largest absolute Gasteiger partial charge is 0.383 e. The Hall–Kier alpha value is -2.32. The predicted molar refractivity (Wildman–Crippen MR) is 92.9 cm³/mol. The van der Waals surface area contributed by atoms with Gasteiger partial charge in [-0.1, -0.05) is 18.2 Å². The van der Waals surface area contributed by atoms with Gasteiger partial charge >= 0.3 is 0 Å². The van der Waals surface area contributed by atoms with E-state index >= 15 is 0 Å². The zero-order valence-corrected chi connectivity index (χ0v) is 14.6. The van der Waals surface area contributed by atoms with Crippen LogP contribution in [0.4, 0.5) is 0 Å². The Morgan fingerprint density at radius 1 is 1.25 bits per heavy atom. The molecule has 7 nitrogen and oxygen atoms in total. The van der Waals surface area contributed by atoms with E-state index in [4.69, 9.17) is 4.74 Å². The summed E-state index contributed by atoms with van der Waals surface area (Å²) in [6, 6.07) is 9.12. The summed E-state index contributed by atoms with van der Waals surface area (Å²) in [5.41, 5.74) is 2.22. The molecule has 0 radical (unpaired) electrons. The summed E-state index contributed by atoms with van der Waals surface area (Å²) in [6.07, 6.45) is 1.10. The molecule has 0 saturated carbocycles. The minimum atomic E-state index is -3.66. The van der Waals surface area contributed by atoms with Crippen LogP contribution < -0.4 is 5.32 Å². The number of hydrogen-bond acceptors (Lipinski definition) is 4. The summed E-state index contributed by atoms with van der Waals surface area (Å²) >= 11 is 0. The Morgan fingerprint density at radius 2 is 1.96 bits per heavy atom. The van der Waals surface area contributed by atoms with Gasteiger partial charge in [0.1, 0.15) is 5.69 Å². The van der Waals surface area contributed by atoms with Crippen molar-refractivity contribution >= 4 is 37.9 Å². The lowest BCUT2D eigenvalue weighted by Gasteiger charge is -2.09. The number of amides is 1. The topological polar surface area (TPSA) is 82.3 Å². The average Bonchev–Trinajstić information content (AvgIpc) is 3.05. The zero-order valence-electron chi connectivity index (χ0n) is 13.7. The molecule has 0 unspecified atom stereocenters. The Bertz CT molecular complexity index is 1030. The van der Waals surface area contributed by atoms with E-state index in [1.807, 2.05) is 35.9 Å². The molecular formula is C16H19N3O4S. The lowest BCUT2D eigenvalue weighted by atomic mass is 10.2. The fourth-order valence-electron chi connectivity index (χ4n) is 2.94. The minimum absolute atomic E-state index is 0.0972. The van der Waals surface area contributed by atoms with E-state index in [1.54, 1.807) is 6.07 Å². The first-order valence-electron chi connectivity index (χ1n) is 7.43. The summed E-state index contributed by atoms with van der Waals surface area (Å²) in [5.74, 6) is -0.447. The number of carbonyl (C=O) groups excluding carboxylic acids is 1. The number of nitrogens with one attached hydrogen (secondary N) is 1. The third-order valence-electron chi connectivity index (χ3n) is 3.98. The summed E-state index contributed by atoms with van der Waals surface area (Å²) in [6.45, 7) is 0.662. The van der Waals surface area contributed by atoms with E-state index in [1.165, 1.54) is 7.11 Å². The van der Waals surface area contributed by atoms with Gasteiger partial charge in [-0.2, -0.15) is 0 Å². The highest BCUT2D eigenvalue weighted by Gasteiger charge is 2.25. The van der Waals surface area contributed by atoms with Crippen LogP contribution in [-0.2, 0) is 21.8 Å². The molecule has 2 aromatic heterocycles.